The monoisotopic (exact) mass is 342 g/mol. The Bertz CT molecular complexity index is 929. The largest absolute Gasteiger partial charge is 0.439 e. The van der Waals surface area contributed by atoms with Crippen LogP contribution in [0.3, 0.4) is 0 Å². The summed E-state index contributed by atoms with van der Waals surface area (Å²) in [5.74, 6) is 1.38. The van der Waals surface area contributed by atoms with E-state index in [1.54, 1.807) is 24.4 Å². The van der Waals surface area contributed by atoms with E-state index in [2.05, 4.69) is 15.3 Å². The van der Waals surface area contributed by atoms with Crippen LogP contribution in [0.5, 0.6) is 11.6 Å². The first kappa shape index (κ1) is 15.9. The van der Waals surface area contributed by atoms with Crippen LogP contribution in [0, 0.1) is 0 Å². The Morgan fingerprint density at radius 1 is 0.958 bits per heavy atom. The van der Waals surface area contributed by atoms with Gasteiger partial charge in [0.25, 0.3) is 0 Å². The van der Waals surface area contributed by atoms with Gasteiger partial charge in [-0.2, -0.15) is 4.98 Å². The molecule has 0 bridgehead atoms. The van der Waals surface area contributed by atoms with E-state index < -0.39 is 10.0 Å². The molecular formula is C16H14N4O3S. The highest BCUT2D eigenvalue weighted by molar-refractivity contribution is 7.89. The fourth-order valence-electron chi connectivity index (χ4n) is 1.93. The van der Waals surface area contributed by atoms with Gasteiger partial charge in [-0.05, 0) is 36.4 Å². The number of hydrogen-bond acceptors (Lipinski definition) is 6. The van der Waals surface area contributed by atoms with Crippen LogP contribution in [0.1, 0.15) is 0 Å². The lowest BCUT2D eigenvalue weighted by molar-refractivity contribution is 0.462. The van der Waals surface area contributed by atoms with Crippen molar-refractivity contribution in [3.05, 3.63) is 66.9 Å². The van der Waals surface area contributed by atoms with E-state index >= 15 is 0 Å². The molecule has 7 nitrogen and oxygen atoms in total. The van der Waals surface area contributed by atoms with E-state index in [0.717, 1.165) is 0 Å². The van der Waals surface area contributed by atoms with E-state index in [1.807, 2.05) is 30.3 Å². The van der Waals surface area contributed by atoms with Crippen molar-refractivity contribution in [3.8, 4) is 11.6 Å². The first-order chi connectivity index (χ1) is 11.5. The number of nitrogens with zero attached hydrogens (tertiary/aromatic N) is 2. The molecule has 0 spiro atoms. The topological polar surface area (TPSA) is 107 Å². The highest BCUT2D eigenvalue weighted by Crippen LogP contribution is 2.21. The molecule has 0 radical (unpaired) electrons. The van der Waals surface area contributed by atoms with Crippen LogP contribution in [0.2, 0.25) is 0 Å². The van der Waals surface area contributed by atoms with Gasteiger partial charge in [-0.3, -0.25) is 0 Å². The molecule has 1 heterocycles. The van der Waals surface area contributed by atoms with Crippen molar-refractivity contribution in [2.45, 2.75) is 4.90 Å². The number of aromatic nitrogens is 2. The van der Waals surface area contributed by atoms with Gasteiger partial charge in [0.1, 0.15) is 5.75 Å². The maximum absolute atomic E-state index is 11.2. The van der Waals surface area contributed by atoms with Crippen molar-refractivity contribution in [2.24, 2.45) is 5.14 Å². The first-order valence-corrected chi connectivity index (χ1v) is 8.51. The zero-order valence-corrected chi connectivity index (χ0v) is 13.3. The Morgan fingerprint density at radius 3 is 2.33 bits per heavy atom. The van der Waals surface area contributed by atoms with E-state index in [9.17, 15) is 8.42 Å². The lowest BCUT2D eigenvalue weighted by atomic mass is 10.3. The number of nitrogens with one attached hydrogen (secondary N) is 1. The van der Waals surface area contributed by atoms with Crippen LogP contribution in [0.15, 0.2) is 71.8 Å². The van der Waals surface area contributed by atoms with Gasteiger partial charge in [-0.1, -0.05) is 18.2 Å². The number of ether oxygens (including phenoxy) is 1. The molecule has 0 amide bonds. The van der Waals surface area contributed by atoms with Gasteiger partial charge in [-0.15, -0.1) is 0 Å². The van der Waals surface area contributed by atoms with Crippen LogP contribution in [-0.4, -0.2) is 18.4 Å². The Morgan fingerprint density at radius 2 is 1.67 bits per heavy atom. The van der Waals surface area contributed by atoms with E-state index in [-0.39, 0.29) is 4.90 Å². The smallest absolute Gasteiger partial charge is 0.238 e. The molecule has 3 rings (SSSR count). The van der Waals surface area contributed by atoms with Crippen LogP contribution >= 0.6 is 0 Å². The molecule has 3 aromatic rings. The third kappa shape index (κ3) is 4.06. The van der Waals surface area contributed by atoms with Gasteiger partial charge in [0.15, 0.2) is 0 Å². The molecule has 122 valence electrons. The summed E-state index contributed by atoms with van der Waals surface area (Å²) >= 11 is 0. The van der Waals surface area contributed by atoms with Crippen molar-refractivity contribution in [3.63, 3.8) is 0 Å². The summed E-state index contributed by atoms with van der Waals surface area (Å²) in [6.45, 7) is 0. The SMILES string of the molecule is NS(=O)(=O)c1ccc(Nc2nccc(Oc3ccccc3)n2)cc1. The van der Waals surface area contributed by atoms with Gasteiger partial charge >= 0.3 is 0 Å². The molecule has 1 aromatic heterocycles. The Balaban J connectivity index is 1.75. The van der Waals surface area contributed by atoms with Crippen LogP contribution in [-0.2, 0) is 10.0 Å². The first-order valence-electron chi connectivity index (χ1n) is 6.96. The number of anilines is 2. The summed E-state index contributed by atoms with van der Waals surface area (Å²) < 4.78 is 28.1. The van der Waals surface area contributed by atoms with E-state index in [1.165, 1.54) is 12.1 Å². The summed E-state index contributed by atoms with van der Waals surface area (Å²) in [6.07, 6.45) is 1.56. The molecular weight excluding hydrogens is 328 g/mol. The molecule has 0 saturated carbocycles. The highest BCUT2D eigenvalue weighted by Gasteiger charge is 2.07. The molecule has 2 aromatic carbocycles. The molecule has 0 fully saturated rings. The summed E-state index contributed by atoms with van der Waals surface area (Å²) in [4.78, 5) is 8.39. The highest BCUT2D eigenvalue weighted by atomic mass is 32.2. The number of primary sulfonamides is 1. The summed E-state index contributed by atoms with van der Waals surface area (Å²) in [7, 11) is -3.71. The fraction of sp³-hybridized carbons (Fsp3) is 0. The van der Waals surface area contributed by atoms with Crippen molar-refractivity contribution >= 4 is 21.7 Å². The Kier molecular flexibility index (Phi) is 4.41. The number of nitrogens with two attached hydrogens (primary N) is 1. The summed E-state index contributed by atoms with van der Waals surface area (Å²) in [5, 5.41) is 8.03. The minimum Gasteiger partial charge on any atom is -0.439 e. The lowest BCUT2D eigenvalue weighted by Crippen LogP contribution is -2.11. The number of rotatable bonds is 5. The van der Waals surface area contributed by atoms with Crippen molar-refractivity contribution in [1.82, 2.24) is 9.97 Å². The maximum Gasteiger partial charge on any atom is 0.238 e. The van der Waals surface area contributed by atoms with Gasteiger partial charge in [-0.25, -0.2) is 18.5 Å². The molecule has 0 atom stereocenters. The number of benzene rings is 2. The van der Waals surface area contributed by atoms with Crippen molar-refractivity contribution < 1.29 is 13.2 Å². The second-order valence-corrected chi connectivity index (χ2v) is 6.39. The van der Waals surface area contributed by atoms with E-state index in [4.69, 9.17) is 9.88 Å². The number of sulfonamides is 1. The molecule has 0 saturated heterocycles. The predicted octanol–water partition coefficient (Wildman–Crippen LogP) is 2.66. The number of hydrogen-bond donors (Lipinski definition) is 2. The minimum atomic E-state index is -3.71. The fourth-order valence-corrected chi connectivity index (χ4v) is 2.44. The molecule has 0 aliphatic carbocycles. The lowest BCUT2D eigenvalue weighted by Gasteiger charge is -2.08. The molecule has 3 N–H and O–H groups in total. The minimum absolute atomic E-state index is 0.0372. The van der Waals surface area contributed by atoms with Gasteiger partial charge in [0.2, 0.25) is 21.9 Å². The average Bonchev–Trinajstić information content (AvgIpc) is 2.56. The third-order valence-electron chi connectivity index (χ3n) is 3.03. The zero-order chi connectivity index (χ0) is 17.0. The summed E-state index contributed by atoms with van der Waals surface area (Å²) in [6, 6.07) is 16.9. The van der Waals surface area contributed by atoms with Crippen LogP contribution in [0.25, 0.3) is 0 Å². The Hall–Kier alpha value is -2.97. The van der Waals surface area contributed by atoms with Gasteiger partial charge in [0.05, 0.1) is 4.90 Å². The number of para-hydroxylation sites is 1. The average molecular weight is 342 g/mol. The molecule has 8 heteroatoms. The second-order valence-electron chi connectivity index (χ2n) is 4.83. The predicted molar refractivity (Wildman–Crippen MR) is 89.6 cm³/mol. The zero-order valence-electron chi connectivity index (χ0n) is 12.5. The standard InChI is InChI=1S/C16H14N4O3S/c17-24(21,22)14-8-6-12(7-9-14)19-16-18-11-10-15(20-16)23-13-4-2-1-3-5-13/h1-11H,(H2,17,21,22)(H,18,19,20). The summed E-state index contributed by atoms with van der Waals surface area (Å²) in [5.41, 5.74) is 0.624. The normalized spacial score (nSPS) is 11.0. The molecule has 0 aliphatic rings. The second kappa shape index (κ2) is 6.65. The Labute approximate surface area is 139 Å². The molecule has 0 unspecified atom stereocenters. The van der Waals surface area contributed by atoms with Gasteiger partial charge in [0, 0.05) is 18.0 Å². The van der Waals surface area contributed by atoms with E-state index in [0.29, 0.717) is 23.3 Å². The van der Waals surface area contributed by atoms with Crippen molar-refractivity contribution in [2.75, 3.05) is 5.32 Å². The van der Waals surface area contributed by atoms with Crippen molar-refractivity contribution in [1.29, 1.82) is 0 Å². The van der Waals surface area contributed by atoms with Crippen LogP contribution in [0.4, 0.5) is 11.6 Å². The maximum atomic E-state index is 11.2. The molecule has 24 heavy (non-hydrogen) atoms. The van der Waals surface area contributed by atoms with Gasteiger partial charge < -0.3 is 10.1 Å². The molecule has 0 aliphatic heterocycles. The van der Waals surface area contributed by atoms with Crippen LogP contribution < -0.4 is 15.2 Å². The third-order valence-corrected chi connectivity index (χ3v) is 3.96. The quantitative estimate of drug-likeness (QED) is 0.738.